The zero-order chi connectivity index (χ0) is 20.5. The van der Waals surface area contributed by atoms with Crippen LogP contribution in [0, 0.1) is 5.92 Å². The summed E-state index contributed by atoms with van der Waals surface area (Å²) >= 11 is 1.50. The van der Waals surface area contributed by atoms with Gasteiger partial charge in [-0.1, -0.05) is 6.92 Å². The van der Waals surface area contributed by atoms with Gasteiger partial charge in [0.1, 0.15) is 17.1 Å². The van der Waals surface area contributed by atoms with Crippen molar-refractivity contribution in [3.8, 4) is 0 Å². The van der Waals surface area contributed by atoms with Gasteiger partial charge in [-0.2, -0.15) is 0 Å². The van der Waals surface area contributed by atoms with Crippen molar-refractivity contribution in [3.63, 3.8) is 0 Å². The molecule has 1 amide bonds. The van der Waals surface area contributed by atoms with Crippen LogP contribution in [0.25, 0.3) is 11.0 Å². The minimum atomic E-state index is -0.538. The van der Waals surface area contributed by atoms with Gasteiger partial charge in [0, 0.05) is 40.6 Å². The molecule has 0 bridgehead atoms. The molecular weight excluding hydrogens is 390 g/mol. The Balaban J connectivity index is 1.54. The highest BCUT2D eigenvalue weighted by Gasteiger charge is 2.21. The van der Waals surface area contributed by atoms with Gasteiger partial charge in [-0.05, 0) is 48.9 Å². The molecule has 1 aliphatic carbocycles. The van der Waals surface area contributed by atoms with Crippen LogP contribution in [0.5, 0.6) is 0 Å². The third-order valence-electron chi connectivity index (χ3n) is 5.04. The summed E-state index contributed by atoms with van der Waals surface area (Å²) in [7, 11) is 0. The lowest BCUT2D eigenvalue weighted by molar-refractivity contribution is -0.114. The van der Waals surface area contributed by atoms with Crippen LogP contribution in [0.3, 0.4) is 0 Å². The standard InChI is InChI=1S/C22H21NO5S/c1-12-3-6-19-14(7-12)8-20(29-19)22(26)27-11-15-9-21(25)28-18-10-16(23-13(2)24)4-5-17(15)18/h4-5,8-10,12H,3,6-7,11H2,1-2H3,(H,23,24). The molecule has 150 valence electrons. The van der Waals surface area contributed by atoms with Crippen LogP contribution in [0.2, 0.25) is 0 Å². The van der Waals surface area contributed by atoms with E-state index in [2.05, 4.69) is 12.2 Å². The molecule has 0 radical (unpaired) electrons. The number of anilines is 1. The largest absolute Gasteiger partial charge is 0.457 e. The number of benzene rings is 1. The predicted octanol–water partition coefficient (Wildman–Crippen LogP) is 4.29. The van der Waals surface area contributed by atoms with Crippen molar-refractivity contribution >= 4 is 39.9 Å². The zero-order valence-electron chi connectivity index (χ0n) is 16.2. The van der Waals surface area contributed by atoms with E-state index in [1.165, 1.54) is 34.8 Å². The molecule has 2 aromatic heterocycles. The Morgan fingerprint density at radius 3 is 2.90 bits per heavy atom. The Hall–Kier alpha value is -2.93. The SMILES string of the molecule is CC(=O)Nc1ccc2c(COC(=O)c3cc4c(s3)CCC(C)C4)cc(=O)oc2c1. The summed E-state index contributed by atoms with van der Waals surface area (Å²) in [5.74, 6) is 0.0383. The van der Waals surface area contributed by atoms with Gasteiger partial charge in [0.2, 0.25) is 5.91 Å². The van der Waals surface area contributed by atoms with Crippen molar-refractivity contribution in [2.75, 3.05) is 5.32 Å². The maximum atomic E-state index is 12.6. The van der Waals surface area contributed by atoms with Gasteiger partial charge in [0.05, 0.1) is 0 Å². The van der Waals surface area contributed by atoms with Gasteiger partial charge in [-0.15, -0.1) is 11.3 Å². The van der Waals surface area contributed by atoms with Gasteiger partial charge in [0.15, 0.2) is 0 Å². The van der Waals surface area contributed by atoms with Crippen LogP contribution in [0.1, 0.15) is 45.9 Å². The highest BCUT2D eigenvalue weighted by atomic mass is 32.1. The number of carbonyl (C=O) groups excluding carboxylic acids is 2. The number of ether oxygens (including phenoxy) is 1. The zero-order valence-corrected chi connectivity index (χ0v) is 17.1. The van der Waals surface area contributed by atoms with E-state index in [1.54, 1.807) is 18.2 Å². The molecule has 7 heteroatoms. The van der Waals surface area contributed by atoms with Gasteiger partial charge < -0.3 is 14.5 Å². The average Bonchev–Trinajstić information content (AvgIpc) is 3.08. The molecule has 1 N–H and O–H groups in total. The van der Waals surface area contributed by atoms with E-state index in [0.717, 1.165) is 19.3 Å². The summed E-state index contributed by atoms with van der Waals surface area (Å²) in [4.78, 5) is 37.6. The van der Waals surface area contributed by atoms with E-state index in [1.807, 2.05) is 6.07 Å². The molecule has 0 aliphatic heterocycles. The maximum absolute atomic E-state index is 12.6. The Bertz CT molecular complexity index is 1160. The summed E-state index contributed by atoms with van der Waals surface area (Å²) in [6, 6.07) is 8.30. The number of fused-ring (bicyclic) bond motifs is 2. The second-order valence-corrected chi connectivity index (χ2v) is 8.60. The number of aryl methyl sites for hydroxylation is 1. The second-order valence-electron chi connectivity index (χ2n) is 7.47. The lowest BCUT2D eigenvalue weighted by Crippen LogP contribution is -2.08. The highest BCUT2D eigenvalue weighted by molar-refractivity contribution is 7.14. The summed E-state index contributed by atoms with van der Waals surface area (Å²) in [5, 5.41) is 3.31. The molecule has 0 saturated carbocycles. The minimum Gasteiger partial charge on any atom is -0.457 e. The van der Waals surface area contributed by atoms with Crippen LogP contribution >= 0.6 is 11.3 Å². The Labute approximate surface area is 171 Å². The topological polar surface area (TPSA) is 85.6 Å². The quantitative estimate of drug-likeness (QED) is 0.511. The molecule has 2 heterocycles. The second kappa shape index (κ2) is 7.83. The fourth-order valence-corrected chi connectivity index (χ4v) is 4.75. The Morgan fingerprint density at radius 2 is 2.10 bits per heavy atom. The number of carbonyl (C=O) groups is 2. The summed E-state index contributed by atoms with van der Waals surface area (Å²) < 4.78 is 10.7. The third-order valence-corrected chi connectivity index (χ3v) is 6.26. The van der Waals surface area contributed by atoms with E-state index in [0.29, 0.717) is 33.0 Å². The lowest BCUT2D eigenvalue weighted by atomic mass is 9.90. The van der Waals surface area contributed by atoms with Crippen molar-refractivity contribution in [2.24, 2.45) is 5.92 Å². The number of hydrogen-bond acceptors (Lipinski definition) is 6. The molecule has 4 rings (SSSR count). The summed E-state index contributed by atoms with van der Waals surface area (Å²) in [6.45, 7) is 3.60. The van der Waals surface area contributed by atoms with Crippen LogP contribution < -0.4 is 10.9 Å². The van der Waals surface area contributed by atoms with Gasteiger partial charge in [-0.25, -0.2) is 9.59 Å². The van der Waals surface area contributed by atoms with Crippen molar-refractivity contribution in [2.45, 2.75) is 39.7 Å². The van der Waals surface area contributed by atoms with E-state index in [4.69, 9.17) is 9.15 Å². The first-order chi connectivity index (χ1) is 13.9. The normalized spacial score (nSPS) is 15.7. The molecular formula is C22H21NO5S. The minimum absolute atomic E-state index is 0.0284. The fourth-order valence-electron chi connectivity index (χ4n) is 3.65. The van der Waals surface area contributed by atoms with E-state index >= 15 is 0 Å². The van der Waals surface area contributed by atoms with Gasteiger partial charge >= 0.3 is 11.6 Å². The van der Waals surface area contributed by atoms with Crippen LogP contribution in [-0.4, -0.2) is 11.9 Å². The van der Waals surface area contributed by atoms with Crippen LogP contribution in [0.4, 0.5) is 5.69 Å². The number of rotatable bonds is 4. The van der Waals surface area contributed by atoms with E-state index < -0.39 is 5.63 Å². The molecule has 0 spiro atoms. The van der Waals surface area contributed by atoms with Gasteiger partial charge in [0.25, 0.3) is 0 Å². The summed E-state index contributed by atoms with van der Waals surface area (Å²) in [6.07, 6.45) is 3.16. The number of amides is 1. The fraction of sp³-hybridized carbons (Fsp3) is 0.318. The number of thiophene rings is 1. The molecule has 1 unspecified atom stereocenters. The highest BCUT2D eigenvalue weighted by Crippen LogP contribution is 2.32. The van der Waals surface area contributed by atoms with Gasteiger partial charge in [-0.3, -0.25) is 4.79 Å². The molecule has 6 nitrogen and oxygen atoms in total. The smallest absolute Gasteiger partial charge is 0.348 e. The Kier molecular flexibility index (Phi) is 5.24. The number of hydrogen-bond donors (Lipinski definition) is 1. The van der Waals surface area contributed by atoms with Crippen LogP contribution in [0.15, 0.2) is 39.5 Å². The van der Waals surface area contributed by atoms with E-state index in [-0.39, 0.29) is 18.5 Å². The first-order valence-corrected chi connectivity index (χ1v) is 10.3. The maximum Gasteiger partial charge on any atom is 0.348 e. The molecule has 1 aliphatic rings. The molecule has 29 heavy (non-hydrogen) atoms. The summed E-state index contributed by atoms with van der Waals surface area (Å²) in [5.41, 5.74) is 2.13. The monoisotopic (exact) mass is 411 g/mol. The van der Waals surface area contributed by atoms with Crippen molar-refractivity contribution in [3.05, 3.63) is 61.6 Å². The molecule has 1 atom stereocenters. The van der Waals surface area contributed by atoms with Crippen molar-refractivity contribution in [1.29, 1.82) is 0 Å². The first-order valence-electron chi connectivity index (χ1n) is 9.52. The van der Waals surface area contributed by atoms with Crippen LogP contribution in [-0.2, 0) is 29.0 Å². The first kappa shape index (κ1) is 19.4. The van der Waals surface area contributed by atoms with Crippen molar-refractivity contribution in [1.82, 2.24) is 0 Å². The molecule has 3 aromatic rings. The molecule has 1 aromatic carbocycles. The van der Waals surface area contributed by atoms with E-state index in [9.17, 15) is 14.4 Å². The third kappa shape index (κ3) is 4.24. The Morgan fingerprint density at radius 1 is 1.28 bits per heavy atom. The average molecular weight is 411 g/mol. The molecule has 0 fully saturated rings. The number of esters is 1. The lowest BCUT2D eigenvalue weighted by Gasteiger charge is -2.16. The predicted molar refractivity (Wildman–Crippen MR) is 111 cm³/mol. The molecule has 0 saturated heterocycles. The van der Waals surface area contributed by atoms with Crippen molar-refractivity contribution < 1.29 is 18.7 Å². The number of nitrogens with one attached hydrogen (secondary N) is 1.